The van der Waals surface area contributed by atoms with Crippen LogP contribution in [0.3, 0.4) is 0 Å². The SMILES string of the molecule is NC(CNC(=O)c1ccc(I)c(F)c1)C1CC1. The van der Waals surface area contributed by atoms with Gasteiger partial charge in [-0.2, -0.15) is 0 Å². The summed E-state index contributed by atoms with van der Waals surface area (Å²) in [4.78, 5) is 11.7. The van der Waals surface area contributed by atoms with Gasteiger partial charge in [0.25, 0.3) is 5.91 Å². The molecule has 17 heavy (non-hydrogen) atoms. The van der Waals surface area contributed by atoms with Crippen LogP contribution >= 0.6 is 22.6 Å². The lowest BCUT2D eigenvalue weighted by Gasteiger charge is -2.11. The van der Waals surface area contributed by atoms with Crippen LogP contribution < -0.4 is 11.1 Å². The third-order valence-corrected chi connectivity index (χ3v) is 3.78. The van der Waals surface area contributed by atoms with E-state index in [1.165, 1.54) is 6.07 Å². The zero-order valence-electron chi connectivity index (χ0n) is 9.25. The normalized spacial score (nSPS) is 16.6. The number of carbonyl (C=O) groups is 1. The number of nitrogens with one attached hydrogen (secondary N) is 1. The molecule has 3 nitrogen and oxygen atoms in total. The first-order valence-corrected chi connectivity index (χ1v) is 6.64. The molecule has 0 spiro atoms. The lowest BCUT2D eigenvalue weighted by atomic mass is 10.1. The number of amides is 1. The predicted octanol–water partition coefficient (Wildman–Crippen LogP) is 1.90. The number of carbonyl (C=O) groups excluding carboxylic acids is 1. The molecule has 1 saturated carbocycles. The van der Waals surface area contributed by atoms with Crippen LogP contribution in [0.2, 0.25) is 0 Å². The fourth-order valence-corrected chi connectivity index (χ4v) is 1.98. The minimum Gasteiger partial charge on any atom is -0.350 e. The molecule has 5 heteroatoms. The number of hydrogen-bond acceptors (Lipinski definition) is 2. The Bertz CT molecular complexity index is 435. The van der Waals surface area contributed by atoms with Crippen molar-refractivity contribution in [1.29, 1.82) is 0 Å². The number of rotatable bonds is 4. The van der Waals surface area contributed by atoms with Crippen molar-refractivity contribution in [2.75, 3.05) is 6.54 Å². The average molecular weight is 348 g/mol. The summed E-state index contributed by atoms with van der Waals surface area (Å²) in [6.45, 7) is 0.455. The van der Waals surface area contributed by atoms with Crippen LogP contribution in [0.5, 0.6) is 0 Å². The second-order valence-corrected chi connectivity index (χ2v) is 5.50. The summed E-state index contributed by atoms with van der Waals surface area (Å²) in [5.74, 6) is -0.0927. The number of nitrogens with two attached hydrogens (primary N) is 1. The highest BCUT2D eigenvalue weighted by Crippen LogP contribution is 2.31. The fourth-order valence-electron chi connectivity index (χ4n) is 1.64. The second-order valence-electron chi connectivity index (χ2n) is 4.34. The minimum absolute atomic E-state index is 0.0210. The largest absolute Gasteiger partial charge is 0.350 e. The van der Waals surface area contributed by atoms with Crippen LogP contribution in [0.1, 0.15) is 23.2 Å². The summed E-state index contributed by atoms with van der Waals surface area (Å²) >= 11 is 1.89. The van der Waals surface area contributed by atoms with Crippen LogP contribution in [0.25, 0.3) is 0 Å². The number of halogens is 2. The van der Waals surface area contributed by atoms with E-state index in [1.807, 2.05) is 22.6 Å². The number of hydrogen-bond donors (Lipinski definition) is 2. The van der Waals surface area contributed by atoms with Gasteiger partial charge in [0.05, 0.1) is 0 Å². The molecule has 1 atom stereocenters. The van der Waals surface area contributed by atoms with E-state index in [-0.39, 0.29) is 17.8 Å². The van der Waals surface area contributed by atoms with Crippen molar-refractivity contribution in [3.05, 3.63) is 33.1 Å². The van der Waals surface area contributed by atoms with Gasteiger partial charge in [-0.05, 0) is 59.5 Å². The zero-order valence-corrected chi connectivity index (χ0v) is 11.4. The Kier molecular flexibility index (Phi) is 3.98. The second kappa shape index (κ2) is 5.30. The Hall–Kier alpha value is -0.690. The van der Waals surface area contributed by atoms with Crippen LogP contribution in [-0.2, 0) is 0 Å². The van der Waals surface area contributed by atoms with Gasteiger partial charge in [-0.25, -0.2) is 4.39 Å². The Morgan fingerprint density at radius 1 is 1.59 bits per heavy atom. The van der Waals surface area contributed by atoms with E-state index in [9.17, 15) is 9.18 Å². The minimum atomic E-state index is -0.371. The molecule has 0 aliphatic heterocycles. The lowest BCUT2D eigenvalue weighted by Crippen LogP contribution is -2.38. The molecule has 1 amide bonds. The maximum absolute atomic E-state index is 13.3. The van der Waals surface area contributed by atoms with Gasteiger partial charge in [-0.3, -0.25) is 4.79 Å². The molecule has 0 aromatic heterocycles. The van der Waals surface area contributed by atoms with Crippen LogP contribution in [0.4, 0.5) is 4.39 Å². The molecule has 0 bridgehead atoms. The van der Waals surface area contributed by atoms with Crippen molar-refractivity contribution in [2.45, 2.75) is 18.9 Å². The van der Waals surface area contributed by atoms with Gasteiger partial charge in [0.2, 0.25) is 0 Å². The summed E-state index contributed by atoms with van der Waals surface area (Å²) in [6, 6.07) is 4.47. The van der Waals surface area contributed by atoms with E-state index in [0.29, 0.717) is 21.6 Å². The molecule has 1 aliphatic rings. The Balaban J connectivity index is 1.92. The van der Waals surface area contributed by atoms with Crippen molar-refractivity contribution in [1.82, 2.24) is 5.32 Å². The lowest BCUT2D eigenvalue weighted by molar-refractivity contribution is 0.0950. The summed E-state index contributed by atoms with van der Waals surface area (Å²) in [5.41, 5.74) is 6.21. The van der Waals surface area contributed by atoms with Crippen molar-refractivity contribution in [3.63, 3.8) is 0 Å². The Morgan fingerprint density at radius 2 is 2.29 bits per heavy atom. The molecular weight excluding hydrogens is 334 g/mol. The van der Waals surface area contributed by atoms with Gasteiger partial charge in [-0.1, -0.05) is 0 Å². The Labute approximate surface area is 113 Å². The number of benzene rings is 1. The standard InChI is InChI=1S/C12H14FIN2O/c13-9-5-8(3-4-10(9)14)12(17)16-6-11(15)7-1-2-7/h3-5,7,11H,1-2,6,15H2,(H,16,17). The van der Waals surface area contributed by atoms with Gasteiger partial charge in [-0.15, -0.1) is 0 Å². The zero-order chi connectivity index (χ0) is 12.4. The molecule has 3 N–H and O–H groups in total. The molecule has 1 aliphatic carbocycles. The van der Waals surface area contributed by atoms with E-state index in [2.05, 4.69) is 5.32 Å². The highest BCUT2D eigenvalue weighted by molar-refractivity contribution is 14.1. The molecule has 1 aromatic carbocycles. The first-order valence-electron chi connectivity index (χ1n) is 5.57. The molecule has 0 heterocycles. The first-order chi connectivity index (χ1) is 8.08. The molecule has 1 aromatic rings. The molecule has 92 valence electrons. The molecule has 1 unspecified atom stereocenters. The van der Waals surface area contributed by atoms with Crippen molar-refractivity contribution >= 4 is 28.5 Å². The summed E-state index contributed by atoms with van der Waals surface area (Å²) in [5, 5.41) is 2.73. The quantitative estimate of drug-likeness (QED) is 0.817. The van der Waals surface area contributed by atoms with E-state index in [4.69, 9.17) is 5.73 Å². The first kappa shape index (κ1) is 12.8. The third kappa shape index (κ3) is 3.38. The Morgan fingerprint density at radius 3 is 2.88 bits per heavy atom. The smallest absolute Gasteiger partial charge is 0.251 e. The summed E-state index contributed by atoms with van der Waals surface area (Å²) < 4.78 is 13.8. The highest BCUT2D eigenvalue weighted by atomic mass is 127. The van der Waals surface area contributed by atoms with Crippen LogP contribution in [-0.4, -0.2) is 18.5 Å². The van der Waals surface area contributed by atoms with Crippen LogP contribution in [0.15, 0.2) is 18.2 Å². The van der Waals surface area contributed by atoms with E-state index in [0.717, 1.165) is 12.8 Å². The van der Waals surface area contributed by atoms with E-state index in [1.54, 1.807) is 12.1 Å². The van der Waals surface area contributed by atoms with Crippen molar-refractivity contribution in [3.8, 4) is 0 Å². The third-order valence-electron chi connectivity index (χ3n) is 2.91. The van der Waals surface area contributed by atoms with Crippen LogP contribution in [0, 0.1) is 15.3 Å². The molecule has 1 fully saturated rings. The van der Waals surface area contributed by atoms with Gasteiger partial charge in [0.1, 0.15) is 5.82 Å². The average Bonchev–Trinajstić information content (AvgIpc) is 3.13. The van der Waals surface area contributed by atoms with Crippen molar-refractivity contribution < 1.29 is 9.18 Å². The van der Waals surface area contributed by atoms with E-state index >= 15 is 0 Å². The monoisotopic (exact) mass is 348 g/mol. The molecule has 2 rings (SSSR count). The van der Waals surface area contributed by atoms with E-state index < -0.39 is 0 Å². The van der Waals surface area contributed by atoms with Crippen molar-refractivity contribution in [2.24, 2.45) is 11.7 Å². The fraction of sp³-hybridized carbons (Fsp3) is 0.417. The maximum Gasteiger partial charge on any atom is 0.251 e. The summed E-state index contributed by atoms with van der Waals surface area (Å²) in [7, 11) is 0. The molecule has 0 saturated heterocycles. The molecule has 0 radical (unpaired) electrons. The molecular formula is C12H14FIN2O. The maximum atomic E-state index is 13.3. The van der Waals surface area contributed by atoms with Gasteiger partial charge >= 0.3 is 0 Å². The van der Waals surface area contributed by atoms with Gasteiger partial charge in [0.15, 0.2) is 0 Å². The van der Waals surface area contributed by atoms with Gasteiger partial charge in [0, 0.05) is 21.7 Å². The predicted molar refractivity (Wildman–Crippen MR) is 72.1 cm³/mol. The summed E-state index contributed by atoms with van der Waals surface area (Å²) in [6.07, 6.45) is 2.30. The topological polar surface area (TPSA) is 55.1 Å². The van der Waals surface area contributed by atoms with Gasteiger partial charge < -0.3 is 11.1 Å². The highest BCUT2D eigenvalue weighted by Gasteiger charge is 2.28.